The van der Waals surface area contributed by atoms with Crippen LogP contribution in [0, 0.1) is 11.8 Å². The van der Waals surface area contributed by atoms with E-state index in [2.05, 4.69) is 19.2 Å². The Morgan fingerprint density at radius 1 is 1.27 bits per heavy atom. The standard InChI is InChI=1S/C18H25NO3/c1-12-6-4-9-17(13(12)2)19-18(21)11-22-16-8-5-7-15(10-16)14(3)20/h5,7-8,10,12-13,17H,4,6,9,11H2,1-3H3,(H,19,21)/t12-,13+,17-/m1/s1. The third kappa shape index (κ3) is 4.33. The molecule has 0 spiro atoms. The summed E-state index contributed by atoms with van der Waals surface area (Å²) >= 11 is 0. The number of rotatable bonds is 5. The molecule has 4 heteroatoms. The zero-order valence-corrected chi connectivity index (χ0v) is 13.6. The molecule has 1 aliphatic carbocycles. The fourth-order valence-electron chi connectivity index (χ4n) is 2.99. The molecule has 3 atom stereocenters. The van der Waals surface area contributed by atoms with Crippen LogP contribution in [0.3, 0.4) is 0 Å². The molecule has 1 fully saturated rings. The summed E-state index contributed by atoms with van der Waals surface area (Å²) < 4.78 is 5.50. The molecule has 1 saturated carbocycles. The molecular formula is C18H25NO3. The highest BCUT2D eigenvalue weighted by Gasteiger charge is 2.28. The van der Waals surface area contributed by atoms with Crippen LogP contribution in [0.5, 0.6) is 5.75 Å². The minimum Gasteiger partial charge on any atom is -0.484 e. The van der Waals surface area contributed by atoms with Crippen LogP contribution in [0.2, 0.25) is 0 Å². The molecule has 1 amide bonds. The van der Waals surface area contributed by atoms with Gasteiger partial charge in [-0.25, -0.2) is 0 Å². The lowest BCUT2D eigenvalue weighted by molar-refractivity contribution is -0.124. The quantitative estimate of drug-likeness (QED) is 0.850. The number of carbonyl (C=O) groups is 2. The predicted octanol–water partition coefficient (Wildman–Crippen LogP) is 3.21. The summed E-state index contributed by atoms with van der Waals surface area (Å²) in [5.74, 6) is 1.58. The monoisotopic (exact) mass is 303 g/mol. The lowest BCUT2D eigenvalue weighted by Gasteiger charge is -2.34. The second-order valence-corrected chi connectivity index (χ2v) is 6.31. The normalized spacial score (nSPS) is 24.6. The second kappa shape index (κ2) is 7.43. The molecule has 0 radical (unpaired) electrons. The van der Waals surface area contributed by atoms with Crippen molar-refractivity contribution in [1.82, 2.24) is 5.32 Å². The lowest BCUT2D eigenvalue weighted by atomic mass is 9.78. The van der Waals surface area contributed by atoms with Crippen LogP contribution in [0.1, 0.15) is 50.4 Å². The highest BCUT2D eigenvalue weighted by Crippen LogP contribution is 2.29. The highest BCUT2D eigenvalue weighted by molar-refractivity contribution is 5.94. The van der Waals surface area contributed by atoms with Crippen molar-refractivity contribution >= 4 is 11.7 Å². The van der Waals surface area contributed by atoms with Gasteiger partial charge in [0.1, 0.15) is 5.75 Å². The molecule has 1 N–H and O–H groups in total. The van der Waals surface area contributed by atoms with Crippen molar-refractivity contribution in [2.45, 2.75) is 46.1 Å². The maximum atomic E-state index is 12.1. The third-order valence-electron chi connectivity index (χ3n) is 4.66. The van der Waals surface area contributed by atoms with E-state index >= 15 is 0 Å². The Bertz CT molecular complexity index is 541. The lowest BCUT2D eigenvalue weighted by Crippen LogP contribution is -2.45. The van der Waals surface area contributed by atoms with E-state index in [4.69, 9.17) is 4.74 Å². The topological polar surface area (TPSA) is 55.4 Å². The van der Waals surface area contributed by atoms with E-state index in [9.17, 15) is 9.59 Å². The Labute approximate surface area is 132 Å². The van der Waals surface area contributed by atoms with E-state index in [1.807, 2.05) is 0 Å². The summed E-state index contributed by atoms with van der Waals surface area (Å²) in [6.45, 7) is 5.94. The van der Waals surface area contributed by atoms with Crippen LogP contribution in [0.4, 0.5) is 0 Å². The van der Waals surface area contributed by atoms with Gasteiger partial charge in [-0.1, -0.05) is 38.8 Å². The van der Waals surface area contributed by atoms with E-state index in [0.717, 1.165) is 12.8 Å². The van der Waals surface area contributed by atoms with Gasteiger partial charge in [-0.05, 0) is 37.3 Å². The molecule has 22 heavy (non-hydrogen) atoms. The van der Waals surface area contributed by atoms with Crippen molar-refractivity contribution in [3.05, 3.63) is 29.8 Å². The smallest absolute Gasteiger partial charge is 0.258 e. The van der Waals surface area contributed by atoms with Gasteiger partial charge in [0.15, 0.2) is 12.4 Å². The average molecular weight is 303 g/mol. The summed E-state index contributed by atoms with van der Waals surface area (Å²) in [5, 5.41) is 3.08. The Hall–Kier alpha value is -1.84. The molecule has 1 aromatic rings. The van der Waals surface area contributed by atoms with Gasteiger partial charge >= 0.3 is 0 Å². The molecule has 2 rings (SSSR count). The van der Waals surface area contributed by atoms with Crippen LogP contribution in [0.25, 0.3) is 0 Å². The summed E-state index contributed by atoms with van der Waals surface area (Å²) in [4.78, 5) is 23.4. The van der Waals surface area contributed by atoms with E-state index in [-0.39, 0.29) is 24.3 Å². The fraction of sp³-hybridized carbons (Fsp3) is 0.556. The van der Waals surface area contributed by atoms with E-state index in [0.29, 0.717) is 23.1 Å². The first-order valence-corrected chi connectivity index (χ1v) is 8.00. The van der Waals surface area contributed by atoms with Crippen LogP contribution in [-0.4, -0.2) is 24.3 Å². The van der Waals surface area contributed by atoms with Crippen molar-refractivity contribution in [1.29, 1.82) is 0 Å². The number of carbonyl (C=O) groups excluding carboxylic acids is 2. The van der Waals surface area contributed by atoms with Crippen LogP contribution < -0.4 is 10.1 Å². The van der Waals surface area contributed by atoms with E-state index in [1.54, 1.807) is 24.3 Å². The average Bonchev–Trinajstić information content (AvgIpc) is 2.50. The Morgan fingerprint density at radius 3 is 2.77 bits per heavy atom. The van der Waals surface area contributed by atoms with Gasteiger partial charge in [-0.3, -0.25) is 9.59 Å². The Kier molecular flexibility index (Phi) is 5.58. The molecule has 120 valence electrons. The van der Waals surface area contributed by atoms with Crippen molar-refractivity contribution in [3.63, 3.8) is 0 Å². The first-order valence-electron chi connectivity index (χ1n) is 8.00. The fourth-order valence-corrected chi connectivity index (χ4v) is 2.99. The van der Waals surface area contributed by atoms with Crippen molar-refractivity contribution < 1.29 is 14.3 Å². The molecule has 4 nitrogen and oxygen atoms in total. The number of amides is 1. The minimum absolute atomic E-state index is 0.0140. The zero-order chi connectivity index (χ0) is 16.1. The van der Waals surface area contributed by atoms with Gasteiger partial charge < -0.3 is 10.1 Å². The highest BCUT2D eigenvalue weighted by atomic mass is 16.5. The zero-order valence-electron chi connectivity index (χ0n) is 13.6. The van der Waals surface area contributed by atoms with Crippen molar-refractivity contribution in [3.8, 4) is 5.75 Å². The molecule has 1 aliphatic rings. The maximum absolute atomic E-state index is 12.1. The number of nitrogens with one attached hydrogen (secondary N) is 1. The molecule has 0 aliphatic heterocycles. The maximum Gasteiger partial charge on any atom is 0.258 e. The number of ketones is 1. The third-order valence-corrected chi connectivity index (χ3v) is 4.66. The molecule has 0 bridgehead atoms. The molecule has 1 aromatic carbocycles. The van der Waals surface area contributed by atoms with E-state index < -0.39 is 0 Å². The van der Waals surface area contributed by atoms with Gasteiger partial charge in [0.25, 0.3) is 5.91 Å². The molecular weight excluding hydrogens is 278 g/mol. The number of benzene rings is 1. The number of hydrogen-bond acceptors (Lipinski definition) is 3. The van der Waals surface area contributed by atoms with Gasteiger partial charge in [-0.2, -0.15) is 0 Å². The van der Waals surface area contributed by atoms with Crippen LogP contribution in [0.15, 0.2) is 24.3 Å². The Balaban J connectivity index is 1.85. The van der Waals surface area contributed by atoms with E-state index in [1.165, 1.54) is 13.3 Å². The van der Waals surface area contributed by atoms with Crippen molar-refractivity contribution in [2.24, 2.45) is 11.8 Å². The summed E-state index contributed by atoms with van der Waals surface area (Å²) in [7, 11) is 0. The van der Waals surface area contributed by atoms with Crippen LogP contribution in [-0.2, 0) is 4.79 Å². The Morgan fingerprint density at radius 2 is 2.05 bits per heavy atom. The second-order valence-electron chi connectivity index (χ2n) is 6.31. The number of Topliss-reactive ketones (excluding diaryl/α,β-unsaturated/α-hetero) is 1. The summed E-state index contributed by atoms with van der Waals surface area (Å²) in [5.41, 5.74) is 0.590. The van der Waals surface area contributed by atoms with Crippen LogP contribution >= 0.6 is 0 Å². The first-order chi connectivity index (χ1) is 10.5. The van der Waals surface area contributed by atoms with Gasteiger partial charge in [0, 0.05) is 11.6 Å². The molecule has 0 saturated heterocycles. The predicted molar refractivity (Wildman–Crippen MR) is 86.1 cm³/mol. The summed E-state index contributed by atoms with van der Waals surface area (Å²) in [6, 6.07) is 7.16. The molecule has 0 unspecified atom stereocenters. The largest absolute Gasteiger partial charge is 0.484 e. The van der Waals surface area contributed by atoms with Crippen molar-refractivity contribution in [2.75, 3.05) is 6.61 Å². The molecule has 0 heterocycles. The van der Waals surface area contributed by atoms with Gasteiger partial charge in [0.05, 0.1) is 0 Å². The summed E-state index contributed by atoms with van der Waals surface area (Å²) in [6.07, 6.45) is 3.44. The SMILES string of the molecule is CC(=O)c1cccc(OCC(=O)N[C@@H]2CCC[C@@H](C)[C@@H]2C)c1. The van der Waals surface area contributed by atoms with Gasteiger partial charge in [0.2, 0.25) is 0 Å². The number of hydrogen-bond donors (Lipinski definition) is 1. The van der Waals surface area contributed by atoms with Gasteiger partial charge in [-0.15, -0.1) is 0 Å². The number of ether oxygens (including phenoxy) is 1. The minimum atomic E-state index is -0.0980. The molecule has 0 aromatic heterocycles. The first kappa shape index (κ1) is 16.5.